The van der Waals surface area contributed by atoms with Gasteiger partial charge in [0, 0.05) is 54.7 Å². The predicted molar refractivity (Wildman–Crippen MR) is 91.3 cm³/mol. The molecule has 0 aliphatic heterocycles. The van der Waals surface area contributed by atoms with Crippen LogP contribution in [0.2, 0.25) is 0 Å². The minimum absolute atomic E-state index is 0.0254. The van der Waals surface area contributed by atoms with E-state index < -0.39 is 0 Å². The Balaban J connectivity index is 1.67. The maximum Gasteiger partial charge on any atom is 0.228 e. The van der Waals surface area contributed by atoms with Gasteiger partial charge in [0.15, 0.2) is 5.78 Å². The number of hydrogen-bond acceptors (Lipinski definition) is 3. The lowest BCUT2D eigenvalue weighted by molar-refractivity contribution is 0.0908. The Labute approximate surface area is 139 Å². The fraction of sp³-hybridized carbons (Fsp3) is 0.316. The topological polar surface area (TPSA) is 56.9 Å². The van der Waals surface area contributed by atoms with E-state index in [1.807, 2.05) is 42.1 Å². The maximum absolute atomic E-state index is 13.1. The van der Waals surface area contributed by atoms with E-state index in [4.69, 9.17) is 0 Å². The molecule has 0 saturated heterocycles. The van der Waals surface area contributed by atoms with E-state index in [-0.39, 0.29) is 17.6 Å². The molecular formula is C19H19N3O2. The van der Waals surface area contributed by atoms with Gasteiger partial charge in [-0.1, -0.05) is 18.2 Å². The van der Waals surface area contributed by atoms with Gasteiger partial charge < -0.3 is 4.57 Å². The number of Topliss-reactive ketones (excluding diaryl/α,β-unsaturated/α-hetero) is 1. The number of aromatic nitrogens is 3. The van der Waals surface area contributed by atoms with E-state index in [2.05, 4.69) is 4.98 Å². The zero-order valence-electron chi connectivity index (χ0n) is 13.8. The first-order valence-electron chi connectivity index (χ1n) is 8.20. The van der Waals surface area contributed by atoms with Crippen LogP contribution in [0, 0.1) is 5.92 Å². The number of benzene rings is 1. The highest BCUT2D eigenvalue weighted by atomic mass is 16.1. The molecule has 0 spiro atoms. The molecule has 2 aromatic heterocycles. The number of imidazole rings is 1. The Bertz CT molecular complexity index is 964. The zero-order chi connectivity index (χ0) is 16.8. The molecule has 1 atom stereocenters. The van der Waals surface area contributed by atoms with E-state index in [0.29, 0.717) is 6.42 Å². The van der Waals surface area contributed by atoms with Gasteiger partial charge in [0.2, 0.25) is 5.91 Å². The van der Waals surface area contributed by atoms with Gasteiger partial charge in [0.05, 0.1) is 5.69 Å². The SMILES string of the molecule is CC(=O)n1cnc2c1CCC(C(=O)c1cn(C)c3ccccc13)C2. The average Bonchev–Trinajstić information content (AvgIpc) is 3.15. The number of hydrogen-bond donors (Lipinski definition) is 0. The number of fused-ring (bicyclic) bond motifs is 2. The second kappa shape index (κ2) is 5.44. The molecule has 0 saturated carbocycles. The van der Waals surface area contributed by atoms with Crippen molar-refractivity contribution in [3.8, 4) is 0 Å². The first kappa shape index (κ1) is 14.9. The molecule has 0 fully saturated rings. The largest absolute Gasteiger partial charge is 0.350 e. The molecule has 5 heteroatoms. The van der Waals surface area contributed by atoms with Crippen LogP contribution in [0.4, 0.5) is 0 Å². The Morgan fingerprint density at radius 3 is 2.83 bits per heavy atom. The van der Waals surface area contributed by atoms with Crippen molar-refractivity contribution in [3.63, 3.8) is 0 Å². The van der Waals surface area contributed by atoms with Crippen molar-refractivity contribution in [2.45, 2.75) is 26.2 Å². The van der Waals surface area contributed by atoms with Gasteiger partial charge in [-0.15, -0.1) is 0 Å². The van der Waals surface area contributed by atoms with Crippen molar-refractivity contribution in [2.75, 3.05) is 0 Å². The van der Waals surface area contributed by atoms with Crippen LogP contribution in [-0.4, -0.2) is 25.8 Å². The number of para-hydroxylation sites is 1. The number of ketones is 1. The summed E-state index contributed by atoms with van der Waals surface area (Å²) in [5, 5.41) is 1.00. The summed E-state index contributed by atoms with van der Waals surface area (Å²) in [5.41, 5.74) is 3.70. The fourth-order valence-corrected chi connectivity index (χ4v) is 3.75. The smallest absolute Gasteiger partial charge is 0.228 e. The van der Waals surface area contributed by atoms with Gasteiger partial charge >= 0.3 is 0 Å². The van der Waals surface area contributed by atoms with Gasteiger partial charge in [0.25, 0.3) is 0 Å². The van der Waals surface area contributed by atoms with E-state index in [1.54, 1.807) is 10.9 Å². The maximum atomic E-state index is 13.1. The van der Waals surface area contributed by atoms with Crippen molar-refractivity contribution in [1.82, 2.24) is 14.1 Å². The van der Waals surface area contributed by atoms with Crippen LogP contribution in [0.25, 0.3) is 10.9 Å². The molecule has 24 heavy (non-hydrogen) atoms. The summed E-state index contributed by atoms with van der Waals surface area (Å²) in [6, 6.07) is 7.98. The molecule has 1 aliphatic rings. The van der Waals surface area contributed by atoms with E-state index in [9.17, 15) is 9.59 Å². The summed E-state index contributed by atoms with van der Waals surface area (Å²) in [6.45, 7) is 1.54. The Kier molecular flexibility index (Phi) is 3.37. The molecule has 0 N–H and O–H groups in total. The van der Waals surface area contributed by atoms with Gasteiger partial charge in [0.1, 0.15) is 6.33 Å². The second-order valence-electron chi connectivity index (χ2n) is 6.50. The summed E-state index contributed by atoms with van der Waals surface area (Å²) in [5.74, 6) is 0.0796. The molecule has 3 aromatic rings. The third-order valence-corrected chi connectivity index (χ3v) is 4.99. The normalized spacial score (nSPS) is 17.0. The molecule has 5 nitrogen and oxygen atoms in total. The van der Waals surface area contributed by atoms with Gasteiger partial charge in [-0.2, -0.15) is 0 Å². The molecule has 2 heterocycles. The van der Waals surface area contributed by atoms with Crippen LogP contribution in [0.5, 0.6) is 0 Å². The number of aryl methyl sites for hydroxylation is 1. The molecule has 0 amide bonds. The molecule has 1 aliphatic carbocycles. The van der Waals surface area contributed by atoms with Crippen LogP contribution in [-0.2, 0) is 19.9 Å². The van der Waals surface area contributed by atoms with Gasteiger partial charge in [-0.05, 0) is 18.9 Å². The summed E-state index contributed by atoms with van der Waals surface area (Å²) in [6.07, 6.45) is 5.59. The molecule has 4 rings (SSSR count). The van der Waals surface area contributed by atoms with Gasteiger partial charge in [-0.3, -0.25) is 14.2 Å². The summed E-state index contributed by atoms with van der Waals surface area (Å²) in [4.78, 5) is 29.0. The van der Waals surface area contributed by atoms with Crippen LogP contribution in [0.15, 0.2) is 36.8 Å². The van der Waals surface area contributed by atoms with Crippen molar-refractivity contribution < 1.29 is 9.59 Å². The molecule has 0 bridgehead atoms. The van der Waals surface area contributed by atoms with Crippen molar-refractivity contribution in [3.05, 3.63) is 53.7 Å². The lowest BCUT2D eigenvalue weighted by atomic mass is 9.84. The number of nitrogens with zero attached hydrogens (tertiary/aromatic N) is 3. The average molecular weight is 321 g/mol. The first-order valence-corrected chi connectivity index (χ1v) is 8.20. The molecular weight excluding hydrogens is 302 g/mol. The Morgan fingerprint density at radius 2 is 2.04 bits per heavy atom. The van der Waals surface area contributed by atoms with Crippen LogP contribution >= 0.6 is 0 Å². The number of rotatable bonds is 2. The van der Waals surface area contributed by atoms with Gasteiger partial charge in [-0.25, -0.2) is 4.98 Å². The number of carbonyl (C=O) groups excluding carboxylic acids is 2. The van der Waals surface area contributed by atoms with Crippen LogP contribution in [0.3, 0.4) is 0 Å². The van der Waals surface area contributed by atoms with E-state index >= 15 is 0 Å². The third kappa shape index (κ3) is 2.19. The fourth-order valence-electron chi connectivity index (χ4n) is 3.75. The molecule has 1 unspecified atom stereocenters. The molecule has 1 aromatic carbocycles. The highest BCUT2D eigenvalue weighted by Crippen LogP contribution is 2.30. The lowest BCUT2D eigenvalue weighted by Crippen LogP contribution is -2.24. The van der Waals surface area contributed by atoms with E-state index in [0.717, 1.165) is 40.7 Å². The molecule has 0 radical (unpaired) electrons. The highest BCUT2D eigenvalue weighted by Gasteiger charge is 2.30. The quantitative estimate of drug-likeness (QED) is 0.682. The lowest BCUT2D eigenvalue weighted by Gasteiger charge is -2.21. The number of carbonyl (C=O) groups is 2. The minimum Gasteiger partial charge on any atom is -0.350 e. The summed E-state index contributed by atoms with van der Waals surface area (Å²) in [7, 11) is 1.96. The highest BCUT2D eigenvalue weighted by molar-refractivity contribution is 6.09. The van der Waals surface area contributed by atoms with Crippen molar-refractivity contribution in [2.24, 2.45) is 13.0 Å². The Morgan fingerprint density at radius 1 is 1.25 bits per heavy atom. The monoisotopic (exact) mass is 321 g/mol. The van der Waals surface area contributed by atoms with Crippen LogP contribution in [0.1, 0.15) is 39.9 Å². The molecule has 122 valence electrons. The predicted octanol–water partition coefficient (Wildman–Crippen LogP) is 3.02. The van der Waals surface area contributed by atoms with E-state index in [1.165, 1.54) is 6.92 Å². The minimum atomic E-state index is -0.0707. The first-order chi connectivity index (χ1) is 11.6. The Hall–Kier alpha value is -2.69. The summed E-state index contributed by atoms with van der Waals surface area (Å²) < 4.78 is 3.61. The third-order valence-electron chi connectivity index (χ3n) is 4.99. The summed E-state index contributed by atoms with van der Waals surface area (Å²) >= 11 is 0. The van der Waals surface area contributed by atoms with Crippen molar-refractivity contribution >= 4 is 22.6 Å². The second-order valence-corrected chi connectivity index (χ2v) is 6.50. The zero-order valence-corrected chi connectivity index (χ0v) is 13.8. The van der Waals surface area contributed by atoms with Crippen LogP contribution < -0.4 is 0 Å². The standard InChI is InChI=1S/C19H19N3O2/c1-12(23)22-11-20-16-9-13(7-8-18(16)22)19(24)15-10-21(2)17-6-4-3-5-14(15)17/h3-6,10-11,13H,7-9H2,1-2H3. The van der Waals surface area contributed by atoms with Crippen molar-refractivity contribution in [1.29, 1.82) is 0 Å².